The van der Waals surface area contributed by atoms with Crippen molar-refractivity contribution in [2.75, 3.05) is 20.3 Å². The van der Waals surface area contributed by atoms with Crippen LogP contribution in [-0.2, 0) is 10.3 Å². The van der Waals surface area contributed by atoms with E-state index in [9.17, 15) is 5.11 Å². The molecule has 1 aliphatic heterocycles. The van der Waals surface area contributed by atoms with Gasteiger partial charge in [-0.05, 0) is 78.4 Å². The summed E-state index contributed by atoms with van der Waals surface area (Å²) in [6.45, 7) is 4.75. The number of aromatic nitrogens is 3. The number of fused-ring (bicyclic) bond motifs is 3. The molecule has 4 heterocycles. The molecule has 0 amide bonds. The lowest BCUT2D eigenvalue weighted by Gasteiger charge is -2.33. The summed E-state index contributed by atoms with van der Waals surface area (Å²) in [5.74, 6) is 0.414. The molecular formula is C26H27BrFN3O3. The third-order valence-corrected chi connectivity index (χ3v) is 7.14. The van der Waals surface area contributed by atoms with Gasteiger partial charge in [0.1, 0.15) is 11.6 Å². The number of nitrogens with zero attached hydrogens (tertiary/aromatic N) is 3. The average Bonchev–Trinajstić information content (AvgIpc) is 3.13. The summed E-state index contributed by atoms with van der Waals surface area (Å²) in [6, 6.07) is 7.28. The standard InChI is InChI=1S/C26H27BrFN3O3/c1-26(2,32)16-10-20-23(22(11-16)33-3)24-21(12-17(27)13-30-24)31(20)25(15-5-8-34-9-6-15)18-4-7-29-14-19(18)28/h4,7,10-15,25,32H,5-6,8-9H2,1-3H3. The first-order valence-corrected chi connectivity index (χ1v) is 12.2. The molecule has 0 bridgehead atoms. The molecule has 178 valence electrons. The van der Waals surface area contributed by atoms with Crippen LogP contribution in [-0.4, -0.2) is 40.0 Å². The van der Waals surface area contributed by atoms with Gasteiger partial charge in [0.05, 0.1) is 46.9 Å². The molecule has 1 saturated heterocycles. The molecule has 34 heavy (non-hydrogen) atoms. The fraction of sp³-hybridized carbons (Fsp3) is 0.385. The lowest BCUT2D eigenvalue weighted by molar-refractivity contribution is 0.0548. The Labute approximate surface area is 205 Å². The molecule has 1 N–H and O–H groups in total. The summed E-state index contributed by atoms with van der Waals surface area (Å²) >= 11 is 3.57. The SMILES string of the molecule is COc1cc(C(C)(C)O)cc2c1c1ncc(Br)cc1n2C(c1ccncc1F)C1CCOCC1. The van der Waals surface area contributed by atoms with Gasteiger partial charge in [-0.3, -0.25) is 9.97 Å². The number of ether oxygens (including phenoxy) is 2. The Morgan fingerprint density at radius 1 is 1.21 bits per heavy atom. The van der Waals surface area contributed by atoms with Crippen molar-refractivity contribution in [2.45, 2.75) is 38.3 Å². The molecule has 0 radical (unpaired) electrons. The van der Waals surface area contributed by atoms with Crippen LogP contribution in [0.4, 0.5) is 4.39 Å². The van der Waals surface area contributed by atoms with Crippen molar-refractivity contribution < 1.29 is 19.0 Å². The second kappa shape index (κ2) is 8.91. The molecule has 1 fully saturated rings. The fourth-order valence-electron chi connectivity index (χ4n) is 5.04. The first-order valence-electron chi connectivity index (χ1n) is 11.4. The van der Waals surface area contributed by atoms with Gasteiger partial charge in [0, 0.05) is 35.6 Å². The van der Waals surface area contributed by atoms with Crippen molar-refractivity contribution in [3.8, 4) is 5.75 Å². The van der Waals surface area contributed by atoms with Crippen LogP contribution in [0.1, 0.15) is 43.9 Å². The van der Waals surface area contributed by atoms with E-state index in [4.69, 9.17) is 14.5 Å². The molecule has 4 aromatic rings. The zero-order chi connectivity index (χ0) is 24.0. The maximum absolute atomic E-state index is 15.3. The Bertz CT molecular complexity index is 1360. The van der Waals surface area contributed by atoms with Crippen LogP contribution in [0.5, 0.6) is 5.75 Å². The second-order valence-corrected chi connectivity index (χ2v) is 10.2. The predicted octanol–water partition coefficient (Wildman–Crippen LogP) is 5.74. The molecule has 3 aromatic heterocycles. The van der Waals surface area contributed by atoms with Crippen molar-refractivity contribution in [2.24, 2.45) is 5.92 Å². The molecule has 8 heteroatoms. The van der Waals surface area contributed by atoms with Gasteiger partial charge in [-0.2, -0.15) is 0 Å². The van der Waals surface area contributed by atoms with E-state index < -0.39 is 5.60 Å². The van der Waals surface area contributed by atoms with Gasteiger partial charge in [-0.25, -0.2) is 4.39 Å². The van der Waals surface area contributed by atoms with Gasteiger partial charge < -0.3 is 19.1 Å². The molecule has 1 aliphatic rings. The van der Waals surface area contributed by atoms with E-state index in [1.807, 2.05) is 18.2 Å². The molecule has 1 aromatic carbocycles. The number of benzene rings is 1. The summed E-state index contributed by atoms with van der Waals surface area (Å²) in [7, 11) is 1.61. The number of hydrogen-bond acceptors (Lipinski definition) is 5. The van der Waals surface area contributed by atoms with E-state index in [1.54, 1.807) is 39.4 Å². The number of pyridine rings is 2. The van der Waals surface area contributed by atoms with E-state index in [0.29, 0.717) is 30.1 Å². The number of methoxy groups -OCH3 is 1. The van der Waals surface area contributed by atoms with Crippen LogP contribution in [0.25, 0.3) is 21.9 Å². The molecule has 6 nitrogen and oxygen atoms in total. The quantitative estimate of drug-likeness (QED) is 0.358. The van der Waals surface area contributed by atoms with E-state index in [1.165, 1.54) is 6.20 Å². The smallest absolute Gasteiger partial charge is 0.146 e. The van der Waals surface area contributed by atoms with Gasteiger partial charge >= 0.3 is 0 Å². The second-order valence-electron chi connectivity index (χ2n) is 9.31. The average molecular weight is 528 g/mol. The molecule has 5 rings (SSSR count). The largest absolute Gasteiger partial charge is 0.496 e. The highest BCUT2D eigenvalue weighted by molar-refractivity contribution is 9.10. The maximum atomic E-state index is 15.3. The van der Waals surface area contributed by atoms with Crippen molar-refractivity contribution in [1.82, 2.24) is 14.5 Å². The topological polar surface area (TPSA) is 69.4 Å². The van der Waals surface area contributed by atoms with Gasteiger partial charge in [0.2, 0.25) is 0 Å². The van der Waals surface area contributed by atoms with Crippen LogP contribution in [0, 0.1) is 11.7 Å². The van der Waals surface area contributed by atoms with Crippen LogP contribution in [0.2, 0.25) is 0 Å². The fourth-order valence-corrected chi connectivity index (χ4v) is 5.36. The van der Waals surface area contributed by atoms with E-state index in [0.717, 1.165) is 39.3 Å². The summed E-state index contributed by atoms with van der Waals surface area (Å²) in [5, 5.41) is 11.7. The highest BCUT2D eigenvalue weighted by Gasteiger charge is 2.33. The number of aliphatic hydroxyl groups is 1. The minimum absolute atomic E-state index is 0.139. The van der Waals surface area contributed by atoms with Crippen LogP contribution in [0.3, 0.4) is 0 Å². The van der Waals surface area contributed by atoms with E-state index in [2.05, 4.69) is 25.5 Å². The zero-order valence-electron chi connectivity index (χ0n) is 19.4. The van der Waals surface area contributed by atoms with Gasteiger partial charge in [-0.1, -0.05) is 0 Å². The normalized spacial score (nSPS) is 16.3. The van der Waals surface area contributed by atoms with E-state index in [-0.39, 0.29) is 17.8 Å². The Morgan fingerprint density at radius 2 is 1.97 bits per heavy atom. The molecule has 0 saturated carbocycles. The Morgan fingerprint density at radius 3 is 2.65 bits per heavy atom. The third kappa shape index (κ3) is 3.97. The Kier molecular flexibility index (Phi) is 6.08. The maximum Gasteiger partial charge on any atom is 0.146 e. The van der Waals surface area contributed by atoms with Crippen LogP contribution >= 0.6 is 15.9 Å². The minimum Gasteiger partial charge on any atom is -0.496 e. The minimum atomic E-state index is -1.09. The van der Waals surface area contributed by atoms with Crippen molar-refractivity contribution in [3.63, 3.8) is 0 Å². The van der Waals surface area contributed by atoms with Gasteiger partial charge in [-0.15, -0.1) is 0 Å². The molecular weight excluding hydrogens is 501 g/mol. The van der Waals surface area contributed by atoms with Crippen molar-refractivity contribution in [1.29, 1.82) is 0 Å². The van der Waals surface area contributed by atoms with E-state index >= 15 is 4.39 Å². The molecule has 1 atom stereocenters. The van der Waals surface area contributed by atoms with Gasteiger partial charge in [0.25, 0.3) is 0 Å². The summed E-state index contributed by atoms with van der Waals surface area (Å²) in [5.41, 5.74) is 2.67. The van der Waals surface area contributed by atoms with Crippen molar-refractivity contribution >= 4 is 37.9 Å². The monoisotopic (exact) mass is 527 g/mol. The molecule has 1 unspecified atom stereocenters. The third-order valence-electron chi connectivity index (χ3n) is 6.71. The summed E-state index contributed by atoms with van der Waals surface area (Å²) < 4.78 is 29.7. The number of rotatable bonds is 5. The zero-order valence-corrected chi connectivity index (χ0v) is 21.0. The highest BCUT2D eigenvalue weighted by atomic mass is 79.9. The predicted molar refractivity (Wildman–Crippen MR) is 133 cm³/mol. The number of hydrogen-bond donors (Lipinski definition) is 1. The Balaban J connectivity index is 1.92. The van der Waals surface area contributed by atoms with Gasteiger partial charge in [0.15, 0.2) is 0 Å². The first-order chi connectivity index (χ1) is 16.3. The summed E-state index contributed by atoms with van der Waals surface area (Å²) in [6.07, 6.45) is 6.27. The molecule has 0 aliphatic carbocycles. The van der Waals surface area contributed by atoms with Crippen LogP contribution < -0.4 is 4.74 Å². The highest BCUT2D eigenvalue weighted by Crippen LogP contribution is 2.44. The first kappa shape index (κ1) is 23.2. The van der Waals surface area contributed by atoms with Crippen molar-refractivity contribution in [3.05, 3.63) is 64.3 Å². The molecule has 0 spiro atoms. The van der Waals surface area contributed by atoms with Crippen LogP contribution in [0.15, 0.2) is 47.3 Å². The number of halogens is 2. The lowest BCUT2D eigenvalue weighted by Crippen LogP contribution is -2.27. The Hall–Kier alpha value is -2.55. The summed E-state index contributed by atoms with van der Waals surface area (Å²) in [4.78, 5) is 8.72. The lowest BCUT2D eigenvalue weighted by atomic mass is 9.86.